The number of benzene rings is 1. The fraction of sp³-hybridized carbons (Fsp3) is 0.455. The fourth-order valence-electron chi connectivity index (χ4n) is 1.51. The lowest BCUT2D eigenvalue weighted by Crippen LogP contribution is -2.42. The molecule has 0 aromatic heterocycles. The predicted molar refractivity (Wildman–Crippen MR) is 71.7 cm³/mol. The van der Waals surface area contributed by atoms with E-state index in [-0.39, 0.29) is 4.90 Å². The lowest BCUT2D eigenvalue weighted by molar-refractivity contribution is -0.115. The van der Waals surface area contributed by atoms with Crippen molar-refractivity contribution in [2.75, 3.05) is 14.2 Å². The fourth-order valence-corrected chi connectivity index (χ4v) is 3.33. The van der Waals surface area contributed by atoms with E-state index in [0.29, 0.717) is 4.47 Å². The average molecular weight is 338 g/mol. The molecule has 1 rings (SSSR count). The zero-order valence-electron chi connectivity index (χ0n) is 10.4. The van der Waals surface area contributed by atoms with Crippen molar-refractivity contribution in [3.8, 4) is 0 Å². The summed E-state index contributed by atoms with van der Waals surface area (Å²) in [5.74, 6) is 0. The van der Waals surface area contributed by atoms with Crippen molar-refractivity contribution >= 4 is 26.0 Å². The Morgan fingerprint density at radius 3 is 2.39 bits per heavy atom. The van der Waals surface area contributed by atoms with Crippen molar-refractivity contribution in [3.05, 3.63) is 28.7 Å². The minimum atomic E-state index is -3.59. The largest absolute Gasteiger partial charge is 0.354 e. The van der Waals surface area contributed by atoms with E-state index < -0.39 is 22.4 Å². The minimum Gasteiger partial charge on any atom is -0.354 e. The molecule has 1 atom stereocenters. The van der Waals surface area contributed by atoms with E-state index in [9.17, 15) is 8.42 Å². The van der Waals surface area contributed by atoms with Gasteiger partial charge in [-0.3, -0.25) is 0 Å². The second-order valence-electron chi connectivity index (χ2n) is 3.71. The highest BCUT2D eigenvalue weighted by Gasteiger charge is 2.23. The first-order valence-corrected chi connectivity index (χ1v) is 7.52. The molecule has 1 unspecified atom stereocenters. The number of rotatable bonds is 6. The maximum absolute atomic E-state index is 12.1. The van der Waals surface area contributed by atoms with Crippen LogP contribution >= 0.6 is 15.9 Å². The normalized spacial score (nSPS) is 13.8. The van der Waals surface area contributed by atoms with E-state index in [4.69, 9.17) is 9.47 Å². The summed E-state index contributed by atoms with van der Waals surface area (Å²) in [6.45, 7) is 1.67. The van der Waals surface area contributed by atoms with Crippen LogP contribution in [0, 0.1) is 0 Å². The summed E-state index contributed by atoms with van der Waals surface area (Å²) in [4.78, 5) is 0.190. The smallest absolute Gasteiger partial charge is 0.241 e. The molecule has 7 heteroatoms. The molecule has 0 aliphatic rings. The first kappa shape index (κ1) is 15.6. The predicted octanol–water partition coefficient (Wildman–Crippen LogP) is 1.73. The third-order valence-electron chi connectivity index (χ3n) is 2.32. The van der Waals surface area contributed by atoms with Crippen LogP contribution in [0.2, 0.25) is 0 Å². The quantitative estimate of drug-likeness (QED) is 0.803. The van der Waals surface area contributed by atoms with Crippen molar-refractivity contribution in [1.82, 2.24) is 4.72 Å². The Hall–Kier alpha value is -0.470. The van der Waals surface area contributed by atoms with Crippen LogP contribution in [0.25, 0.3) is 0 Å². The summed E-state index contributed by atoms with van der Waals surface area (Å²) >= 11 is 3.24. The van der Waals surface area contributed by atoms with Gasteiger partial charge in [0.15, 0.2) is 6.29 Å². The Bertz CT molecular complexity index is 488. The SMILES string of the molecule is COC(OC)C(C)NS(=O)(=O)c1cccc(Br)c1. The van der Waals surface area contributed by atoms with Gasteiger partial charge in [-0.15, -0.1) is 0 Å². The van der Waals surface area contributed by atoms with Crippen molar-refractivity contribution in [2.45, 2.75) is 24.2 Å². The van der Waals surface area contributed by atoms with E-state index in [1.807, 2.05) is 0 Å². The number of ether oxygens (including phenoxy) is 2. The maximum atomic E-state index is 12.1. The second-order valence-corrected chi connectivity index (χ2v) is 6.34. The first-order valence-electron chi connectivity index (χ1n) is 5.24. The van der Waals surface area contributed by atoms with E-state index in [1.165, 1.54) is 26.4 Å². The molecule has 0 bridgehead atoms. The summed E-state index contributed by atoms with van der Waals surface area (Å²) in [5.41, 5.74) is 0. The van der Waals surface area contributed by atoms with Gasteiger partial charge in [0.2, 0.25) is 10.0 Å². The molecule has 0 amide bonds. The van der Waals surface area contributed by atoms with Gasteiger partial charge in [-0.2, -0.15) is 0 Å². The molecule has 1 aromatic rings. The van der Waals surface area contributed by atoms with Crippen LogP contribution in [-0.4, -0.2) is 35.0 Å². The zero-order chi connectivity index (χ0) is 13.8. The van der Waals surface area contributed by atoms with E-state index in [0.717, 1.165) is 0 Å². The van der Waals surface area contributed by atoms with Crippen LogP contribution in [0.5, 0.6) is 0 Å². The summed E-state index contributed by atoms with van der Waals surface area (Å²) in [7, 11) is -0.674. The van der Waals surface area contributed by atoms with Crippen LogP contribution in [0.15, 0.2) is 33.6 Å². The van der Waals surface area contributed by atoms with Crippen molar-refractivity contribution < 1.29 is 17.9 Å². The first-order chi connectivity index (χ1) is 8.40. The molecule has 0 spiro atoms. The maximum Gasteiger partial charge on any atom is 0.241 e. The Kier molecular flexibility index (Phi) is 5.74. The average Bonchev–Trinajstić information content (AvgIpc) is 2.30. The molecule has 1 N–H and O–H groups in total. The molecule has 0 aliphatic heterocycles. The summed E-state index contributed by atoms with van der Waals surface area (Å²) in [6, 6.07) is 5.98. The summed E-state index contributed by atoms with van der Waals surface area (Å²) in [5, 5.41) is 0. The minimum absolute atomic E-state index is 0.190. The van der Waals surface area contributed by atoms with Crippen molar-refractivity contribution in [1.29, 1.82) is 0 Å². The third kappa shape index (κ3) is 4.03. The van der Waals surface area contributed by atoms with Gasteiger partial charge in [0, 0.05) is 18.7 Å². The Morgan fingerprint density at radius 1 is 1.28 bits per heavy atom. The van der Waals surface area contributed by atoms with Gasteiger partial charge in [0.05, 0.1) is 10.9 Å². The van der Waals surface area contributed by atoms with Crippen molar-refractivity contribution in [3.63, 3.8) is 0 Å². The molecule has 0 saturated carbocycles. The van der Waals surface area contributed by atoms with Gasteiger partial charge < -0.3 is 9.47 Å². The van der Waals surface area contributed by atoms with Crippen LogP contribution < -0.4 is 4.72 Å². The van der Waals surface area contributed by atoms with E-state index in [2.05, 4.69) is 20.7 Å². The third-order valence-corrected chi connectivity index (χ3v) is 4.37. The number of nitrogens with one attached hydrogen (secondary N) is 1. The lowest BCUT2D eigenvalue weighted by atomic mass is 10.3. The highest BCUT2D eigenvalue weighted by molar-refractivity contribution is 9.10. The van der Waals surface area contributed by atoms with E-state index >= 15 is 0 Å². The Balaban J connectivity index is 2.89. The molecular weight excluding hydrogens is 322 g/mol. The number of hydrogen-bond acceptors (Lipinski definition) is 4. The summed E-state index contributed by atoms with van der Waals surface area (Å²) < 4.78 is 37.4. The topological polar surface area (TPSA) is 64.6 Å². The second kappa shape index (κ2) is 6.63. The molecule has 18 heavy (non-hydrogen) atoms. The number of halogens is 1. The number of methoxy groups -OCH3 is 2. The van der Waals surface area contributed by atoms with Crippen LogP contribution in [-0.2, 0) is 19.5 Å². The molecule has 0 fully saturated rings. The van der Waals surface area contributed by atoms with Gasteiger partial charge in [-0.05, 0) is 25.1 Å². The van der Waals surface area contributed by atoms with E-state index in [1.54, 1.807) is 19.1 Å². The zero-order valence-corrected chi connectivity index (χ0v) is 12.8. The van der Waals surface area contributed by atoms with Crippen LogP contribution in [0.4, 0.5) is 0 Å². The Labute approximate surface area is 116 Å². The molecule has 1 aromatic carbocycles. The molecule has 5 nitrogen and oxygen atoms in total. The van der Waals surface area contributed by atoms with Crippen LogP contribution in [0.1, 0.15) is 6.92 Å². The number of sulfonamides is 1. The van der Waals surface area contributed by atoms with Gasteiger partial charge in [0.25, 0.3) is 0 Å². The van der Waals surface area contributed by atoms with Gasteiger partial charge in [-0.25, -0.2) is 13.1 Å². The monoisotopic (exact) mass is 337 g/mol. The highest BCUT2D eigenvalue weighted by Crippen LogP contribution is 2.16. The standard InChI is InChI=1S/C11H16BrNO4S/c1-8(11(16-2)17-3)13-18(14,15)10-6-4-5-9(12)7-10/h4-8,11,13H,1-3H3. The lowest BCUT2D eigenvalue weighted by Gasteiger charge is -2.22. The van der Waals surface area contributed by atoms with Crippen LogP contribution in [0.3, 0.4) is 0 Å². The molecule has 0 aliphatic carbocycles. The molecule has 0 saturated heterocycles. The molecular formula is C11H16BrNO4S. The highest BCUT2D eigenvalue weighted by atomic mass is 79.9. The van der Waals surface area contributed by atoms with Crippen molar-refractivity contribution in [2.24, 2.45) is 0 Å². The van der Waals surface area contributed by atoms with Gasteiger partial charge >= 0.3 is 0 Å². The van der Waals surface area contributed by atoms with Gasteiger partial charge in [0.1, 0.15) is 0 Å². The molecule has 102 valence electrons. The van der Waals surface area contributed by atoms with Gasteiger partial charge in [-0.1, -0.05) is 22.0 Å². The summed E-state index contributed by atoms with van der Waals surface area (Å²) in [6.07, 6.45) is -0.632. The molecule has 0 heterocycles. The molecule has 0 radical (unpaired) electrons. The number of hydrogen-bond donors (Lipinski definition) is 1. The Morgan fingerprint density at radius 2 is 1.89 bits per heavy atom.